The fraction of sp³-hybridized carbons (Fsp3) is 0.500. The number of ether oxygens (including phenoxy) is 2. The van der Waals surface area contributed by atoms with Crippen molar-refractivity contribution < 1.29 is 35.9 Å². The Hall–Kier alpha value is -1.50. The Kier molecular flexibility index (Phi) is 7.34. The molecule has 116 valence electrons. The Morgan fingerprint density at radius 3 is 1.40 bits per heavy atom. The zero-order chi connectivity index (χ0) is 15.8. The zero-order valence-corrected chi connectivity index (χ0v) is 12.3. The van der Waals surface area contributed by atoms with Crippen molar-refractivity contribution in [1.82, 2.24) is 9.44 Å². The molecule has 0 atom stereocenters. The monoisotopic (exact) mass is 330 g/mol. The van der Waals surface area contributed by atoms with Gasteiger partial charge in [-0.3, -0.25) is 0 Å². The third kappa shape index (κ3) is 12.9. The number of carbonyl (C=O) groups excluding carboxylic acids is 2. The lowest BCUT2D eigenvalue weighted by Gasteiger charge is -2.03. The van der Waals surface area contributed by atoms with Crippen molar-refractivity contribution in [2.45, 2.75) is 0 Å². The first-order valence-electron chi connectivity index (χ1n) is 4.90. The fourth-order valence-corrected chi connectivity index (χ4v) is 1.19. The number of hydrogen-bond acceptors (Lipinski definition) is 8. The largest absolute Gasteiger partial charge is 0.446 e. The van der Waals surface area contributed by atoms with E-state index in [9.17, 15) is 26.4 Å². The minimum absolute atomic E-state index is 0.577. The number of rotatable bonds is 8. The summed E-state index contributed by atoms with van der Waals surface area (Å²) in [4.78, 5) is 22.0. The molecule has 0 bridgehead atoms. The van der Waals surface area contributed by atoms with Crippen molar-refractivity contribution in [2.75, 3.05) is 26.0 Å². The molecule has 0 rings (SSSR count). The highest BCUT2D eigenvalue weighted by atomic mass is 32.2. The molecule has 0 fully saturated rings. The summed E-state index contributed by atoms with van der Waals surface area (Å²) >= 11 is 0. The van der Waals surface area contributed by atoms with Gasteiger partial charge < -0.3 is 9.47 Å². The van der Waals surface area contributed by atoms with Crippen molar-refractivity contribution in [3.05, 3.63) is 12.2 Å². The molecular formula is C8H14N2O8S2. The van der Waals surface area contributed by atoms with E-state index in [1.54, 1.807) is 0 Å². The van der Waals surface area contributed by atoms with Gasteiger partial charge in [-0.2, -0.15) is 9.44 Å². The van der Waals surface area contributed by atoms with Crippen LogP contribution in [0.5, 0.6) is 0 Å². The van der Waals surface area contributed by atoms with Crippen molar-refractivity contribution in [1.29, 1.82) is 0 Å². The summed E-state index contributed by atoms with van der Waals surface area (Å²) in [6.07, 6.45) is 3.16. The summed E-state index contributed by atoms with van der Waals surface area (Å²) in [5, 5.41) is 0. The standard InChI is InChI=1S/C8H14N2O8S2/c1-19(13,14)9-5-17-7(11)3-4-8(12)18-6-10-20(2,15)16/h3-4,9-10H,5-6H2,1-2H3/b4-3+. The highest BCUT2D eigenvalue weighted by Gasteiger charge is 2.05. The van der Waals surface area contributed by atoms with Gasteiger partial charge in [-0.25, -0.2) is 26.4 Å². The van der Waals surface area contributed by atoms with Gasteiger partial charge in [0.1, 0.15) is 0 Å². The molecule has 12 heteroatoms. The maximum atomic E-state index is 11.0. The van der Waals surface area contributed by atoms with Crippen LogP contribution in [0.4, 0.5) is 0 Å². The molecule has 0 aliphatic heterocycles. The van der Waals surface area contributed by atoms with Gasteiger partial charge in [-0.15, -0.1) is 0 Å². The molecular weight excluding hydrogens is 316 g/mol. The second-order valence-electron chi connectivity index (χ2n) is 3.38. The fourth-order valence-electron chi connectivity index (χ4n) is 0.648. The SMILES string of the molecule is CS(=O)(=O)NCOC(=O)/C=C/C(=O)OCNS(C)(=O)=O. The topological polar surface area (TPSA) is 145 Å². The van der Waals surface area contributed by atoms with E-state index in [1.807, 2.05) is 9.44 Å². The average molecular weight is 330 g/mol. The highest BCUT2D eigenvalue weighted by Crippen LogP contribution is 1.86. The van der Waals surface area contributed by atoms with Gasteiger partial charge in [-0.05, 0) is 0 Å². The summed E-state index contributed by atoms with van der Waals surface area (Å²) in [5.41, 5.74) is 0. The van der Waals surface area contributed by atoms with E-state index in [2.05, 4.69) is 9.47 Å². The van der Waals surface area contributed by atoms with Crippen LogP contribution in [0.2, 0.25) is 0 Å². The summed E-state index contributed by atoms with van der Waals surface area (Å²) in [5.74, 6) is -1.96. The van der Waals surface area contributed by atoms with E-state index < -0.39 is 45.4 Å². The van der Waals surface area contributed by atoms with Gasteiger partial charge in [0.25, 0.3) is 0 Å². The van der Waals surface area contributed by atoms with Gasteiger partial charge >= 0.3 is 11.9 Å². The molecule has 0 saturated heterocycles. The normalized spacial score (nSPS) is 12.3. The van der Waals surface area contributed by atoms with Crippen LogP contribution in [-0.2, 0) is 39.1 Å². The minimum Gasteiger partial charge on any atom is -0.446 e. The number of esters is 2. The van der Waals surface area contributed by atoms with Crippen molar-refractivity contribution in [3.8, 4) is 0 Å². The van der Waals surface area contributed by atoms with E-state index in [0.29, 0.717) is 12.2 Å². The molecule has 2 N–H and O–H groups in total. The third-order valence-electron chi connectivity index (χ3n) is 1.43. The number of carbonyl (C=O) groups is 2. The van der Waals surface area contributed by atoms with Crippen LogP contribution >= 0.6 is 0 Å². The molecule has 10 nitrogen and oxygen atoms in total. The second-order valence-corrected chi connectivity index (χ2v) is 7.05. The maximum Gasteiger partial charge on any atom is 0.332 e. The second kappa shape index (κ2) is 7.94. The first-order valence-corrected chi connectivity index (χ1v) is 8.69. The minimum atomic E-state index is -3.49. The highest BCUT2D eigenvalue weighted by molar-refractivity contribution is 7.89. The van der Waals surface area contributed by atoms with E-state index in [1.165, 1.54) is 0 Å². The summed E-state index contributed by atoms with van der Waals surface area (Å²) < 4.78 is 55.1. The molecule has 0 aliphatic rings. The van der Waals surface area contributed by atoms with Gasteiger partial charge in [0.05, 0.1) is 12.5 Å². The van der Waals surface area contributed by atoms with Crippen LogP contribution in [0.1, 0.15) is 0 Å². The Morgan fingerprint density at radius 2 is 1.15 bits per heavy atom. The maximum absolute atomic E-state index is 11.0. The quantitative estimate of drug-likeness (QED) is 0.286. The molecule has 20 heavy (non-hydrogen) atoms. The Bertz CT molecular complexity index is 526. The van der Waals surface area contributed by atoms with Crippen molar-refractivity contribution in [3.63, 3.8) is 0 Å². The van der Waals surface area contributed by atoms with E-state index in [-0.39, 0.29) is 0 Å². The van der Waals surface area contributed by atoms with Crippen LogP contribution in [0.25, 0.3) is 0 Å². The van der Waals surface area contributed by atoms with Crippen molar-refractivity contribution in [2.24, 2.45) is 0 Å². The lowest BCUT2D eigenvalue weighted by atomic mass is 10.5. The van der Waals surface area contributed by atoms with Gasteiger partial charge in [0.2, 0.25) is 20.0 Å². The number of nitrogens with one attached hydrogen (secondary N) is 2. The lowest BCUT2D eigenvalue weighted by Crippen LogP contribution is -2.26. The Balaban J connectivity index is 3.98. The smallest absolute Gasteiger partial charge is 0.332 e. The molecule has 0 unspecified atom stereocenters. The van der Waals surface area contributed by atoms with E-state index in [0.717, 1.165) is 12.5 Å². The predicted octanol–water partition coefficient (Wildman–Crippen LogP) is -2.36. The Labute approximate surface area is 116 Å². The average Bonchev–Trinajstić information content (AvgIpc) is 2.22. The van der Waals surface area contributed by atoms with E-state index in [4.69, 9.17) is 0 Å². The molecule has 0 saturated carbocycles. The van der Waals surface area contributed by atoms with Gasteiger partial charge in [0.15, 0.2) is 13.5 Å². The van der Waals surface area contributed by atoms with Gasteiger partial charge in [-0.1, -0.05) is 0 Å². The lowest BCUT2D eigenvalue weighted by molar-refractivity contribution is -0.140. The Morgan fingerprint density at radius 1 is 0.850 bits per heavy atom. The summed E-state index contributed by atoms with van der Waals surface area (Å²) in [6, 6.07) is 0. The number of hydrogen-bond donors (Lipinski definition) is 2. The molecule has 0 spiro atoms. The molecule has 0 radical (unpaired) electrons. The predicted molar refractivity (Wildman–Crippen MR) is 67.0 cm³/mol. The van der Waals surface area contributed by atoms with Crippen molar-refractivity contribution >= 4 is 32.0 Å². The van der Waals surface area contributed by atoms with Crippen LogP contribution in [0.3, 0.4) is 0 Å². The molecule has 0 heterocycles. The summed E-state index contributed by atoms with van der Waals surface area (Å²) in [7, 11) is -6.97. The first kappa shape index (κ1) is 18.5. The van der Waals surface area contributed by atoms with Crippen LogP contribution in [-0.4, -0.2) is 54.7 Å². The van der Waals surface area contributed by atoms with Crippen LogP contribution in [0.15, 0.2) is 12.2 Å². The molecule has 0 amide bonds. The summed E-state index contributed by atoms with van der Waals surface area (Å²) in [6.45, 7) is -1.15. The number of sulfonamides is 2. The zero-order valence-electron chi connectivity index (χ0n) is 10.7. The first-order chi connectivity index (χ1) is 8.99. The molecule has 0 aliphatic carbocycles. The molecule has 0 aromatic heterocycles. The van der Waals surface area contributed by atoms with Crippen LogP contribution in [0, 0.1) is 0 Å². The van der Waals surface area contributed by atoms with E-state index >= 15 is 0 Å². The van der Waals surface area contributed by atoms with Gasteiger partial charge in [0, 0.05) is 12.2 Å². The van der Waals surface area contributed by atoms with Crippen LogP contribution < -0.4 is 9.44 Å². The molecule has 0 aromatic rings. The third-order valence-corrected chi connectivity index (χ3v) is 2.71. The molecule has 0 aromatic carbocycles.